The molecule has 4 aliphatic rings. The van der Waals surface area contributed by atoms with Crippen LogP contribution in [-0.4, -0.2) is 124 Å². The van der Waals surface area contributed by atoms with Gasteiger partial charge in [0.05, 0.1) is 39.9 Å². The summed E-state index contributed by atoms with van der Waals surface area (Å²) in [5, 5.41) is 25.6. The van der Waals surface area contributed by atoms with Crippen LogP contribution in [0.1, 0.15) is 119 Å². The van der Waals surface area contributed by atoms with Gasteiger partial charge in [0.25, 0.3) is 15.9 Å². The van der Waals surface area contributed by atoms with Gasteiger partial charge in [-0.3, -0.25) is 19.8 Å². The van der Waals surface area contributed by atoms with Gasteiger partial charge >= 0.3 is 11.7 Å². The number of hydrogen-bond donors (Lipinski definition) is 4. The Morgan fingerprint density at radius 2 is 1.73 bits per heavy atom. The Morgan fingerprint density at radius 1 is 1.00 bits per heavy atom. The molecule has 73 heavy (non-hydrogen) atoms. The number of H-pyrrole nitrogens is 1. The number of nitrogens with zero attached hydrogens (tertiary/aromatic N) is 7. The number of benzene rings is 2. The van der Waals surface area contributed by atoms with Gasteiger partial charge in [-0.1, -0.05) is 38.1 Å². The van der Waals surface area contributed by atoms with Crippen molar-refractivity contribution in [3.8, 4) is 11.5 Å². The molecule has 1 atom stereocenters. The van der Waals surface area contributed by atoms with Gasteiger partial charge in [-0.25, -0.2) is 32.3 Å². The third-order valence-electron chi connectivity index (χ3n) is 15.9. The first kappa shape index (κ1) is 51.5. The summed E-state index contributed by atoms with van der Waals surface area (Å²) < 4.78 is 50.6. The molecule has 20 heteroatoms. The second-order valence-corrected chi connectivity index (χ2v) is 22.7. The lowest BCUT2D eigenvalue weighted by molar-refractivity contribution is -0.384. The monoisotopic (exact) mass is 1020 g/mol. The number of aromatic nitrogens is 3. The number of nitro groups is 1. The van der Waals surface area contributed by atoms with Gasteiger partial charge in [0.2, 0.25) is 5.82 Å². The minimum absolute atomic E-state index is 0.00879. The second kappa shape index (κ2) is 20.9. The van der Waals surface area contributed by atoms with Gasteiger partial charge in [-0.05, 0) is 119 Å². The summed E-state index contributed by atoms with van der Waals surface area (Å²) in [6.07, 6.45) is 10.1. The Balaban J connectivity index is 0.907. The van der Waals surface area contributed by atoms with Gasteiger partial charge in [-0.2, -0.15) is 0 Å². The molecule has 5 aromatic rings. The number of urea groups is 1. The topological polar surface area (TPSA) is 219 Å². The number of carbonyl (C=O) groups is 2. The highest BCUT2D eigenvalue weighted by atomic mass is 32.2. The number of amides is 3. The smallest absolute Gasteiger partial charge is 0.320 e. The molecule has 0 unspecified atom stereocenters. The van der Waals surface area contributed by atoms with E-state index in [0.29, 0.717) is 76.0 Å². The number of aliphatic hydroxyl groups is 1. The summed E-state index contributed by atoms with van der Waals surface area (Å²) in [5.41, 5.74) is 2.29. The molecule has 18 nitrogen and oxygen atoms in total. The standard InChI is InChI=1S/C53H67FN10O8S/c1-6-60(7-2)51(66)62-22-23-63(46(33-62)41-11-9-8-10-40(41)34(3)4)37-27-53(28-37)18-20-61(21-19-53)36-12-13-42(47(24-36)72-38-25-43-44(54)32-58-48(43)56-30-38)50(65)59-73(70,71)39-26-45(64(68)69)49(57-31-39)55-29-35-14-16-52(5,67)17-15-35/h8-13,24-26,30-32,34-35,37,46,67H,6-7,14-23,27-29,33H2,1-5H3,(H,55,57)(H,56,58)(H,59,65)/t35?,46-,52?/m0/s1. The number of halogens is 1. The van der Waals surface area contributed by atoms with Crippen LogP contribution >= 0.6 is 0 Å². The Kier molecular flexibility index (Phi) is 14.7. The number of fused-ring (bicyclic) bond motifs is 1. The van der Waals surface area contributed by atoms with Crippen LogP contribution < -0.4 is 19.7 Å². The number of anilines is 2. The molecule has 9 rings (SSSR count). The zero-order valence-corrected chi connectivity index (χ0v) is 43.1. The van der Waals surface area contributed by atoms with Crippen LogP contribution in [0.3, 0.4) is 0 Å². The van der Waals surface area contributed by atoms with Crippen LogP contribution in [0.15, 0.2) is 78.1 Å². The number of rotatable bonds is 15. The molecule has 2 aliphatic carbocycles. The van der Waals surface area contributed by atoms with E-state index in [1.165, 1.54) is 35.7 Å². The largest absolute Gasteiger partial charge is 0.455 e. The number of nitrogens with one attached hydrogen (secondary N) is 3. The predicted octanol–water partition coefficient (Wildman–Crippen LogP) is 8.96. The Morgan fingerprint density at radius 3 is 2.42 bits per heavy atom. The van der Waals surface area contributed by atoms with Crippen molar-refractivity contribution in [3.05, 3.63) is 106 Å². The molecule has 2 aromatic carbocycles. The number of aromatic amines is 1. The van der Waals surface area contributed by atoms with Crippen LogP contribution in [0, 0.1) is 27.3 Å². The highest BCUT2D eigenvalue weighted by Gasteiger charge is 2.50. The fourth-order valence-corrected chi connectivity index (χ4v) is 12.4. The third-order valence-corrected chi connectivity index (χ3v) is 17.2. The molecule has 2 saturated carbocycles. The number of pyridine rings is 2. The summed E-state index contributed by atoms with van der Waals surface area (Å²) in [6, 6.07) is 16.4. The summed E-state index contributed by atoms with van der Waals surface area (Å²) in [5.74, 6) is -1.16. The highest BCUT2D eigenvalue weighted by molar-refractivity contribution is 7.90. The lowest BCUT2D eigenvalue weighted by Gasteiger charge is -2.58. The molecule has 3 aromatic heterocycles. The van der Waals surface area contributed by atoms with Crippen molar-refractivity contribution in [2.45, 2.75) is 114 Å². The number of ether oxygens (including phenoxy) is 1. The average Bonchev–Trinajstić information content (AvgIpc) is 3.74. The van der Waals surface area contributed by atoms with Crippen molar-refractivity contribution in [2.24, 2.45) is 11.3 Å². The minimum atomic E-state index is -4.71. The van der Waals surface area contributed by atoms with Crippen LogP contribution in [0.2, 0.25) is 0 Å². The van der Waals surface area contributed by atoms with Gasteiger partial charge in [0.1, 0.15) is 27.9 Å². The van der Waals surface area contributed by atoms with E-state index in [1.54, 1.807) is 19.1 Å². The fourth-order valence-electron chi connectivity index (χ4n) is 11.5. The summed E-state index contributed by atoms with van der Waals surface area (Å²) >= 11 is 0. The highest BCUT2D eigenvalue weighted by Crippen LogP contribution is 2.53. The maximum absolute atomic E-state index is 14.7. The molecule has 0 bridgehead atoms. The van der Waals surface area contributed by atoms with Gasteiger partial charge in [0.15, 0.2) is 0 Å². The van der Waals surface area contributed by atoms with E-state index >= 15 is 0 Å². The molecule has 4 N–H and O–H groups in total. The lowest BCUT2D eigenvalue weighted by atomic mass is 9.59. The fraction of sp³-hybridized carbons (Fsp3) is 0.509. The van der Waals surface area contributed by atoms with Crippen LogP contribution in [0.5, 0.6) is 11.5 Å². The van der Waals surface area contributed by atoms with Crippen LogP contribution in [0.4, 0.5) is 26.4 Å². The van der Waals surface area contributed by atoms with Crippen LogP contribution in [-0.2, 0) is 10.0 Å². The zero-order valence-electron chi connectivity index (χ0n) is 42.3. The van der Waals surface area contributed by atoms with Gasteiger partial charge in [-0.15, -0.1) is 0 Å². The Labute approximate surface area is 425 Å². The molecule has 390 valence electrons. The number of piperidine rings is 1. The van der Waals surface area contributed by atoms with Crippen molar-refractivity contribution in [1.82, 2.24) is 34.4 Å². The van der Waals surface area contributed by atoms with Gasteiger partial charge in [0, 0.05) is 82.4 Å². The molecule has 0 radical (unpaired) electrons. The van der Waals surface area contributed by atoms with Crippen molar-refractivity contribution in [2.75, 3.05) is 62.6 Å². The molecular formula is C53H67FN10O8S. The molecule has 2 aliphatic heterocycles. The molecule has 1 spiro atoms. The summed E-state index contributed by atoms with van der Waals surface area (Å²) in [4.78, 5) is 58.5. The normalized spacial score (nSPS) is 21.5. The van der Waals surface area contributed by atoms with Crippen LogP contribution in [0.25, 0.3) is 11.0 Å². The molecule has 3 amide bonds. The second-order valence-electron chi connectivity index (χ2n) is 21.0. The average molecular weight is 1020 g/mol. The van der Waals surface area contributed by atoms with E-state index in [0.717, 1.165) is 63.3 Å². The summed E-state index contributed by atoms with van der Waals surface area (Å²) in [6.45, 7) is 15.5. The third kappa shape index (κ3) is 11.0. The summed E-state index contributed by atoms with van der Waals surface area (Å²) in [7, 11) is -4.71. The SMILES string of the molecule is CCN(CC)C(=O)N1CCN(C2CC3(CCN(c4ccc(C(=O)NS(=O)(=O)c5cnc(NCC6CCC(C)(O)CC6)c([N+](=O)[O-])c5)c(Oc5cnc6[nH]cc(F)c6c5)c4)CC3)C2)[C@H](c2ccccc2C(C)C)C1. The predicted molar refractivity (Wildman–Crippen MR) is 276 cm³/mol. The molecular weight excluding hydrogens is 956 g/mol. The molecule has 5 heterocycles. The van der Waals surface area contributed by atoms with E-state index < -0.39 is 42.9 Å². The molecule has 4 fully saturated rings. The zero-order chi connectivity index (χ0) is 51.8. The Hall–Kier alpha value is -6.38. The first-order valence-corrected chi connectivity index (χ1v) is 27.1. The maximum Gasteiger partial charge on any atom is 0.320 e. The molecule has 2 saturated heterocycles. The Bertz CT molecular complexity index is 2960. The number of hydrogen-bond acceptors (Lipinski definition) is 13. The van der Waals surface area contributed by atoms with E-state index in [2.05, 4.69) is 68.2 Å². The first-order chi connectivity index (χ1) is 34.9. The quantitative estimate of drug-likeness (QED) is 0.0569. The maximum atomic E-state index is 14.7. The number of piperazine rings is 1. The number of sulfonamides is 1. The number of carbonyl (C=O) groups excluding carboxylic acids is 2. The van der Waals surface area contributed by atoms with E-state index in [-0.39, 0.29) is 51.7 Å². The first-order valence-electron chi connectivity index (χ1n) is 25.6. The van der Waals surface area contributed by atoms with E-state index in [4.69, 9.17) is 4.74 Å². The van der Waals surface area contributed by atoms with E-state index in [1.807, 2.05) is 28.4 Å². The van der Waals surface area contributed by atoms with Crippen molar-refractivity contribution >= 4 is 50.2 Å². The van der Waals surface area contributed by atoms with E-state index in [9.17, 15) is 37.6 Å². The van der Waals surface area contributed by atoms with Crippen molar-refractivity contribution in [3.63, 3.8) is 0 Å². The van der Waals surface area contributed by atoms with Gasteiger partial charge < -0.3 is 34.8 Å². The lowest BCUT2D eigenvalue weighted by Crippen LogP contribution is -2.61. The van der Waals surface area contributed by atoms with Crippen molar-refractivity contribution in [1.29, 1.82) is 0 Å². The minimum Gasteiger partial charge on any atom is -0.455 e. The van der Waals surface area contributed by atoms with Crippen molar-refractivity contribution < 1.29 is 37.2 Å².